The third kappa shape index (κ3) is 1.90. The Bertz CT molecular complexity index is 368. The van der Waals surface area contributed by atoms with Crippen molar-refractivity contribution in [2.45, 2.75) is 13.2 Å². The number of fused-ring (bicyclic) bond motifs is 1. The fourth-order valence-electron chi connectivity index (χ4n) is 1.66. The first-order valence-electron chi connectivity index (χ1n) is 5.05. The first-order valence-corrected chi connectivity index (χ1v) is 5.05. The summed E-state index contributed by atoms with van der Waals surface area (Å²) < 4.78 is 0. The Kier molecular flexibility index (Phi) is 2.73. The predicted molar refractivity (Wildman–Crippen MR) is 64.5 cm³/mol. The predicted octanol–water partition coefficient (Wildman–Crippen LogP) is 3.23. The molecular weight excluding hydrogens is 169 g/mol. The van der Waals surface area contributed by atoms with Gasteiger partial charge < -0.3 is 5.23 Å². The minimum absolute atomic E-state index is 0.445. The van der Waals surface area contributed by atoms with Crippen molar-refractivity contribution in [1.82, 2.24) is 0 Å². The number of hydrogen-bond acceptors (Lipinski definition) is 1. The summed E-state index contributed by atoms with van der Waals surface area (Å²) >= 11 is 0. The second kappa shape index (κ2) is 4.18. The van der Waals surface area contributed by atoms with Crippen LogP contribution in [0.3, 0.4) is 0 Å². The third-order valence-electron chi connectivity index (χ3n) is 2.44. The molecule has 1 N–H and O–H groups in total. The topological polar surface area (TPSA) is 12.0 Å². The molecule has 0 fully saturated rings. The van der Waals surface area contributed by atoms with Crippen molar-refractivity contribution in [3.05, 3.63) is 48.0 Å². The van der Waals surface area contributed by atoms with E-state index in [0.29, 0.717) is 6.85 Å². The van der Waals surface area contributed by atoms with Gasteiger partial charge in [0.15, 0.2) is 0 Å². The zero-order valence-corrected chi connectivity index (χ0v) is 8.40. The van der Waals surface area contributed by atoms with E-state index >= 15 is 0 Å². The minimum Gasteiger partial charge on any atom is -0.424 e. The summed E-state index contributed by atoms with van der Waals surface area (Å²) in [6.45, 7) is 2.50. The van der Waals surface area contributed by atoms with Crippen molar-refractivity contribution in [2.75, 3.05) is 5.23 Å². The molecule has 0 unspecified atom stereocenters. The van der Waals surface area contributed by atoms with E-state index in [9.17, 15) is 0 Å². The number of rotatable bonds is 2. The number of hydrogen-bond donors (Lipinski definition) is 1. The SMILES string of the molecule is C/C=C\CB1C=Cc2ccccc2N1. The molecule has 70 valence electrons. The maximum Gasteiger partial charge on any atom is 0.282 e. The number of benzene rings is 1. The molecule has 14 heavy (non-hydrogen) atoms. The second-order valence-electron chi connectivity index (χ2n) is 3.50. The number of allylic oxidation sites excluding steroid dienone is 2. The van der Waals surface area contributed by atoms with Gasteiger partial charge in [0.2, 0.25) is 0 Å². The fourth-order valence-corrected chi connectivity index (χ4v) is 1.66. The zero-order chi connectivity index (χ0) is 9.80. The van der Waals surface area contributed by atoms with Crippen molar-refractivity contribution in [1.29, 1.82) is 0 Å². The van der Waals surface area contributed by atoms with Crippen LogP contribution in [0.15, 0.2) is 42.4 Å². The van der Waals surface area contributed by atoms with E-state index in [2.05, 4.69) is 60.6 Å². The molecule has 1 heterocycles. The highest BCUT2D eigenvalue weighted by molar-refractivity contribution is 6.69. The molecule has 1 aliphatic heterocycles. The molecule has 0 spiro atoms. The maximum atomic E-state index is 3.49. The molecule has 0 saturated carbocycles. The van der Waals surface area contributed by atoms with Crippen LogP contribution in [-0.4, -0.2) is 6.85 Å². The van der Waals surface area contributed by atoms with Gasteiger partial charge in [-0.25, -0.2) is 0 Å². The molecule has 1 aliphatic rings. The van der Waals surface area contributed by atoms with E-state index in [1.54, 1.807) is 0 Å². The molecule has 0 saturated heterocycles. The molecule has 0 atom stereocenters. The molecule has 0 aliphatic carbocycles. The van der Waals surface area contributed by atoms with E-state index < -0.39 is 0 Å². The average molecular weight is 183 g/mol. The first kappa shape index (κ1) is 9.13. The van der Waals surface area contributed by atoms with Gasteiger partial charge in [-0.3, -0.25) is 0 Å². The number of para-hydroxylation sites is 1. The van der Waals surface area contributed by atoms with E-state index in [0.717, 1.165) is 6.32 Å². The lowest BCUT2D eigenvalue weighted by molar-refractivity contribution is 1.52. The van der Waals surface area contributed by atoms with Gasteiger partial charge in [0.05, 0.1) is 0 Å². The van der Waals surface area contributed by atoms with Crippen molar-refractivity contribution < 1.29 is 0 Å². The third-order valence-corrected chi connectivity index (χ3v) is 2.44. The Morgan fingerprint density at radius 3 is 3.07 bits per heavy atom. The molecule has 2 heteroatoms. The molecule has 0 amide bonds. The fraction of sp³-hybridized carbons (Fsp3) is 0.167. The van der Waals surface area contributed by atoms with E-state index in [1.807, 2.05) is 0 Å². The summed E-state index contributed by atoms with van der Waals surface area (Å²) in [7, 11) is 0. The van der Waals surface area contributed by atoms with E-state index in [4.69, 9.17) is 0 Å². The normalized spacial score (nSPS) is 14.2. The maximum absolute atomic E-state index is 3.49. The summed E-state index contributed by atoms with van der Waals surface area (Å²) in [6, 6.07) is 8.39. The van der Waals surface area contributed by atoms with Crippen molar-refractivity contribution >= 4 is 18.6 Å². The van der Waals surface area contributed by atoms with Gasteiger partial charge in [0.1, 0.15) is 0 Å². The van der Waals surface area contributed by atoms with Crippen LogP contribution in [0.2, 0.25) is 6.32 Å². The van der Waals surface area contributed by atoms with Crippen molar-refractivity contribution in [3.8, 4) is 0 Å². The molecule has 0 aromatic heterocycles. The van der Waals surface area contributed by atoms with Gasteiger partial charge in [-0.05, 0) is 24.9 Å². The summed E-state index contributed by atoms with van der Waals surface area (Å²) in [5, 5.41) is 3.49. The van der Waals surface area contributed by atoms with Crippen LogP contribution in [0, 0.1) is 0 Å². The summed E-state index contributed by atoms with van der Waals surface area (Å²) in [6.07, 6.45) is 7.54. The van der Waals surface area contributed by atoms with Crippen LogP contribution in [0.1, 0.15) is 12.5 Å². The van der Waals surface area contributed by atoms with Gasteiger partial charge in [0, 0.05) is 5.69 Å². The molecule has 0 radical (unpaired) electrons. The van der Waals surface area contributed by atoms with Crippen LogP contribution in [0.25, 0.3) is 6.08 Å². The molecule has 1 aromatic carbocycles. The number of anilines is 1. The number of nitrogens with one attached hydrogen (secondary N) is 1. The quantitative estimate of drug-likeness (QED) is 0.548. The standard InChI is InChI=1S/C12H14BN/c1-2-3-9-13-10-8-11-6-4-5-7-12(11)14-13/h2-8,10,14H,9H2,1H3/b3-2-. The van der Waals surface area contributed by atoms with Crippen molar-refractivity contribution in [3.63, 3.8) is 0 Å². The highest BCUT2D eigenvalue weighted by Crippen LogP contribution is 2.22. The largest absolute Gasteiger partial charge is 0.424 e. The highest BCUT2D eigenvalue weighted by atomic mass is 14.8. The summed E-state index contributed by atoms with van der Waals surface area (Å²) in [5.41, 5.74) is 2.52. The smallest absolute Gasteiger partial charge is 0.282 e. The summed E-state index contributed by atoms with van der Waals surface area (Å²) in [4.78, 5) is 0. The van der Waals surface area contributed by atoms with E-state index in [1.165, 1.54) is 11.3 Å². The Morgan fingerprint density at radius 1 is 1.36 bits per heavy atom. The molecule has 2 rings (SSSR count). The zero-order valence-electron chi connectivity index (χ0n) is 8.40. The minimum atomic E-state index is 0.445. The highest BCUT2D eigenvalue weighted by Gasteiger charge is 2.14. The molecule has 0 bridgehead atoms. The van der Waals surface area contributed by atoms with Gasteiger partial charge in [-0.2, -0.15) is 0 Å². The van der Waals surface area contributed by atoms with E-state index in [-0.39, 0.29) is 0 Å². The Labute approximate surface area is 85.6 Å². The van der Waals surface area contributed by atoms with Gasteiger partial charge in [-0.15, -0.1) is 0 Å². The average Bonchev–Trinajstić information content (AvgIpc) is 2.26. The lowest BCUT2D eigenvalue weighted by atomic mass is 9.57. The monoisotopic (exact) mass is 183 g/mol. The lowest BCUT2D eigenvalue weighted by Crippen LogP contribution is -2.24. The van der Waals surface area contributed by atoms with Crippen LogP contribution in [0.4, 0.5) is 5.69 Å². The van der Waals surface area contributed by atoms with Crippen LogP contribution < -0.4 is 5.23 Å². The Morgan fingerprint density at radius 2 is 2.21 bits per heavy atom. The van der Waals surface area contributed by atoms with Gasteiger partial charge >= 0.3 is 0 Å². The Balaban J connectivity index is 2.13. The molecular formula is C12H14BN. The second-order valence-corrected chi connectivity index (χ2v) is 3.50. The van der Waals surface area contributed by atoms with Crippen molar-refractivity contribution in [2.24, 2.45) is 0 Å². The Hall–Kier alpha value is -1.44. The molecule has 1 nitrogen and oxygen atoms in total. The van der Waals surface area contributed by atoms with Crippen LogP contribution in [0.5, 0.6) is 0 Å². The first-order chi connectivity index (χ1) is 6.90. The molecule has 1 aromatic rings. The van der Waals surface area contributed by atoms with Crippen LogP contribution >= 0.6 is 0 Å². The van der Waals surface area contributed by atoms with Crippen LogP contribution in [-0.2, 0) is 0 Å². The summed E-state index contributed by atoms with van der Waals surface area (Å²) in [5.74, 6) is 2.22. The van der Waals surface area contributed by atoms with Gasteiger partial charge in [-0.1, -0.05) is 42.4 Å². The van der Waals surface area contributed by atoms with Gasteiger partial charge in [0.25, 0.3) is 6.85 Å². The lowest BCUT2D eigenvalue weighted by Gasteiger charge is -2.18.